The molecule has 41 heavy (non-hydrogen) atoms. The Morgan fingerprint density at radius 3 is 1.46 bits per heavy atom. The first-order valence-corrected chi connectivity index (χ1v) is 11.9. The number of halogens is 3. The number of nitrogens with zero attached hydrogens (tertiary/aromatic N) is 1. The lowest BCUT2D eigenvalue weighted by Gasteiger charge is -2.06. The molecule has 12 heteroatoms. The van der Waals surface area contributed by atoms with Crippen LogP contribution in [-0.2, 0) is 35.7 Å². The Morgan fingerprint density at radius 2 is 1.05 bits per heavy atom. The van der Waals surface area contributed by atoms with Gasteiger partial charge in [0.25, 0.3) is 0 Å². The van der Waals surface area contributed by atoms with Crippen LogP contribution >= 0.6 is 37.2 Å². The van der Waals surface area contributed by atoms with Crippen molar-refractivity contribution in [2.75, 3.05) is 13.2 Å². The van der Waals surface area contributed by atoms with Gasteiger partial charge in [0.2, 0.25) is 0 Å². The van der Waals surface area contributed by atoms with Crippen molar-refractivity contribution in [2.24, 2.45) is 11.5 Å². The van der Waals surface area contributed by atoms with Crippen molar-refractivity contribution in [3.8, 4) is 23.7 Å². The lowest BCUT2D eigenvalue weighted by molar-refractivity contribution is 0.158. The molecule has 0 bridgehead atoms. The Kier molecular flexibility index (Phi) is 18.9. The maximum atomic E-state index is 11.9. The molecule has 0 saturated heterocycles. The van der Waals surface area contributed by atoms with E-state index in [-0.39, 0.29) is 50.4 Å². The predicted molar refractivity (Wildman–Crippen MR) is 165 cm³/mol. The first-order chi connectivity index (χ1) is 18.6. The number of benzene rings is 2. The van der Waals surface area contributed by atoms with Gasteiger partial charge in [-0.2, -0.15) is 0 Å². The second-order valence-electron chi connectivity index (χ2n) is 7.92. The molecule has 9 nitrogen and oxygen atoms in total. The van der Waals surface area contributed by atoms with Crippen LogP contribution in [0.1, 0.15) is 33.6 Å². The van der Waals surface area contributed by atoms with E-state index in [0.29, 0.717) is 37.6 Å². The molecular weight excluding hydrogens is 589 g/mol. The Balaban J connectivity index is 0.00000533. The quantitative estimate of drug-likeness (QED) is 0.281. The van der Waals surface area contributed by atoms with Crippen LogP contribution in [0.15, 0.2) is 66.7 Å². The number of amides is 2. The van der Waals surface area contributed by atoms with E-state index in [1.54, 1.807) is 18.2 Å². The highest BCUT2D eigenvalue weighted by molar-refractivity contribution is 5.86. The third-order valence-corrected chi connectivity index (χ3v) is 5.06. The Bertz CT molecular complexity index is 1280. The van der Waals surface area contributed by atoms with Gasteiger partial charge in [-0.25, -0.2) is 14.6 Å². The van der Waals surface area contributed by atoms with Gasteiger partial charge in [0.05, 0.1) is 0 Å². The third kappa shape index (κ3) is 14.3. The lowest BCUT2D eigenvalue weighted by Crippen LogP contribution is -2.24. The third-order valence-electron chi connectivity index (χ3n) is 5.06. The summed E-state index contributed by atoms with van der Waals surface area (Å²) < 4.78 is 10.1. The zero-order chi connectivity index (χ0) is 27.0. The van der Waals surface area contributed by atoms with Crippen molar-refractivity contribution in [3.63, 3.8) is 0 Å². The van der Waals surface area contributed by atoms with Crippen LogP contribution in [0.5, 0.6) is 0 Å². The van der Waals surface area contributed by atoms with E-state index >= 15 is 0 Å². The van der Waals surface area contributed by atoms with Gasteiger partial charge >= 0.3 is 12.2 Å². The average Bonchev–Trinajstić information content (AvgIpc) is 2.96. The predicted octanol–water partition coefficient (Wildman–Crippen LogP) is 3.82. The number of aromatic nitrogens is 1. The molecule has 0 radical (unpaired) electrons. The fourth-order valence-corrected chi connectivity index (χ4v) is 3.21. The number of hydrogen-bond acceptors (Lipinski definition) is 7. The van der Waals surface area contributed by atoms with E-state index in [9.17, 15) is 9.59 Å². The van der Waals surface area contributed by atoms with Gasteiger partial charge in [-0.1, -0.05) is 66.4 Å². The summed E-state index contributed by atoms with van der Waals surface area (Å²) in [6, 6.07) is 20.4. The number of nitrogens with one attached hydrogen (secondary N) is 2. The molecule has 0 aliphatic heterocycles. The van der Waals surface area contributed by atoms with E-state index in [0.717, 1.165) is 22.3 Å². The number of carbonyl (C=O) groups excluding carboxylic acids is 2. The van der Waals surface area contributed by atoms with Crippen LogP contribution < -0.4 is 22.1 Å². The van der Waals surface area contributed by atoms with Crippen molar-refractivity contribution in [3.05, 3.63) is 100 Å². The summed E-state index contributed by atoms with van der Waals surface area (Å²) >= 11 is 0. The normalized spacial score (nSPS) is 9.02. The Labute approximate surface area is 258 Å². The summed E-state index contributed by atoms with van der Waals surface area (Å²) in [6.45, 7) is 1.35. The van der Waals surface area contributed by atoms with Gasteiger partial charge in [0.1, 0.15) is 11.4 Å². The standard InChI is InChI=1S/C29H29N5O4.3ClH/c30-18-22-6-1-8-24(16-22)20-32-28(35)37-14-4-12-26-10-3-11-27(34-26)13-5-15-38-29(36)33-21-25-9-2-7-23(17-25)19-31;;;/h1-3,6-11,16-17H,14-15,18-21,30-31H2,(H,32,35)(H,33,36);3*1H. The fraction of sp³-hybridized carbons (Fsp3) is 0.207. The fourth-order valence-electron chi connectivity index (χ4n) is 3.21. The number of alkyl carbamates (subject to hydrolysis) is 2. The van der Waals surface area contributed by atoms with Gasteiger partial charge < -0.3 is 31.6 Å². The van der Waals surface area contributed by atoms with E-state index in [1.807, 2.05) is 48.5 Å². The minimum Gasteiger partial charge on any atom is -0.436 e. The summed E-state index contributed by atoms with van der Waals surface area (Å²) in [4.78, 5) is 28.0. The van der Waals surface area contributed by atoms with Crippen LogP contribution in [0.4, 0.5) is 9.59 Å². The molecule has 0 fully saturated rings. The number of nitrogens with two attached hydrogens (primary N) is 2. The summed E-state index contributed by atoms with van der Waals surface area (Å²) in [7, 11) is 0. The van der Waals surface area contributed by atoms with Crippen LogP contribution in [0.25, 0.3) is 0 Å². The number of ether oxygens (including phenoxy) is 2. The smallest absolute Gasteiger partial charge is 0.408 e. The number of pyridine rings is 1. The highest BCUT2D eigenvalue weighted by Crippen LogP contribution is 2.05. The molecule has 0 spiro atoms. The highest BCUT2D eigenvalue weighted by Gasteiger charge is 2.03. The topological polar surface area (TPSA) is 142 Å². The molecule has 1 heterocycles. The highest BCUT2D eigenvalue weighted by atomic mass is 35.5. The largest absolute Gasteiger partial charge is 0.436 e. The summed E-state index contributed by atoms with van der Waals surface area (Å²) in [6.07, 6.45) is -1.14. The molecule has 0 aliphatic carbocycles. The van der Waals surface area contributed by atoms with E-state index < -0.39 is 12.2 Å². The maximum Gasteiger partial charge on any atom is 0.408 e. The van der Waals surface area contributed by atoms with Crippen LogP contribution in [0.3, 0.4) is 0 Å². The summed E-state index contributed by atoms with van der Waals surface area (Å²) in [5.41, 5.74) is 16.0. The molecule has 3 rings (SSSR count). The van der Waals surface area contributed by atoms with Crippen LogP contribution in [0.2, 0.25) is 0 Å². The minimum atomic E-state index is -0.571. The first kappa shape index (κ1) is 37.0. The van der Waals surface area contributed by atoms with E-state index in [1.165, 1.54) is 0 Å². The molecule has 6 N–H and O–H groups in total. The molecule has 3 aromatic rings. The molecule has 218 valence electrons. The monoisotopic (exact) mass is 619 g/mol. The number of rotatable bonds is 8. The van der Waals surface area contributed by atoms with E-state index in [4.69, 9.17) is 20.9 Å². The molecule has 0 atom stereocenters. The molecule has 0 unspecified atom stereocenters. The molecule has 0 saturated carbocycles. The summed E-state index contributed by atoms with van der Waals surface area (Å²) in [5.74, 6) is 11.2. The number of hydrogen-bond donors (Lipinski definition) is 4. The first-order valence-electron chi connectivity index (χ1n) is 11.9. The van der Waals surface area contributed by atoms with Gasteiger partial charge in [0.15, 0.2) is 13.2 Å². The zero-order valence-electron chi connectivity index (χ0n) is 22.1. The van der Waals surface area contributed by atoms with Crippen LogP contribution in [-0.4, -0.2) is 30.4 Å². The van der Waals surface area contributed by atoms with Gasteiger partial charge in [-0.3, -0.25) is 0 Å². The SMILES string of the molecule is Cl.Cl.Cl.NCc1cccc(CNC(=O)OCC#Cc2cccc(C#CCOC(=O)NCc3cccc(CN)c3)n2)c1. The van der Waals surface area contributed by atoms with E-state index in [2.05, 4.69) is 39.3 Å². The average molecular weight is 621 g/mol. The molecular formula is C29H32Cl3N5O4. The second-order valence-corrected chi connectivity index (χ2v) is 7.92. The van der Waals surface area contributed by atoms with Gasteiger partial charge in [-0.05, 0) is 46.2 Å². The molecule has 0 aliphatic rings. The van der Waals surface area contributed by atoms with Crippen molar-refractivity contribution in [2.45, 2.75) is 26.2 Å². The summed E-state index contributed by atoms with van der Waals surface area (Å²) in [5, 5.41) is 5.33. The minimum absolute atomic E-state index is 0. The van der Waals surface area contributed by atoms with Gasteiger partial charge in [0, 0.05) is 26.2 Å². The second kappa shape index (κ2) is 20.9. The molecule has 1 aromatic heterocycles. The Morgan fingerprint density at radius 1 is 0.659 bits per heavy atom. The van der Waals surface area contributed by atoms with Crippen molar-refractivity contribution in [1.29, 1.82) is 0 Å². The Hall–Kier alpha value is -3.96. The van der Waals surface area contributed by atoms with Crippen molar-refractivity contribution < 1.29 is 19.1 Å². The van der Waals surface area contributed by atoms with Crippen LogP contribution in [0, 0.1) is 23.7 Å². The number of carbonyl (C=O) groups is 2. The lowest BCUT2D eigenvalue weighted by atomic mass is 10.1. The van der Waals surface area contributed by atoms with Gasteiger partial charge in [-0.15, -0.1) is 37.2 Å². The molecule has 2 amide bonds. The molecule has 2 aromatic carbocycles. The van der Waals surface area contributed by atoms with Crippen molar-refractivity contribution >= 4 is 49.4 Å². The van der Waals surface area contributed by atoms with Crippen molar-refractivity contribution in [1.82, 2.24) is 15.6 Å². The maximum absolute atomic E-state index is 11.9. The zero-order valence-corrected chi connectivity index (χ0v) is 24.5.